The van der Waals surface area contributed by atoms with Crippen LogP contribution in [0.1, 0.15) is 10.5 Å². The molecule has 0 saturated heterocycles. The number of carbonyl (C=O) groups is 1. The van der Waals surface area contributed by atoms with E-state index in [1.807, 2.05) is 0 Å². The number of nitrogens with two attached hydrogens (primary N) is 1. The van der Waals surface area contributed by atoms with Gasteiger partial charge in [-0.05, 0) is 18.2 Å². The predicted octanol–water partition coefficient (Wildman–Crippen LogP) is -1.12. The average molecular weight is 426 g/mol. The third-order valence-electron chi connectivity index (χ3n) is 2.94. The second-order valence-electron chi connectivity index (χ2n) is 4.71. The fourth-order valence-corrected chi connectivity index (χ4v) is 4.29. The van der Waals surface area contributed by atoms with E-state index in [0.717, 1.165) is 0 Å². The second kappa shape index (κ2) is 6.30. The van der Waals surface area contributed by atoms with Crippen molar-refractivity contribution < 1.29 is 27.4 Å². The van der Waals surface area contributed by atoms with Crippen molar-refractivity contribution in [1.82, 2.24) is 9.71 Å². The summed E-state index contributed by atoms with van der Waals surface area (Å²) < 4.78 is 49.5. The Hall–Kier alpha value is -1.31. The van der Waals surface area contributed by atoms with Gasteiger partial charge in [-0.3, -0.25) is 5.73 Å². The number of fused-ring (bicyclic) bond motifs is 1. The van der Waals surface area contributed by atoms with E-state index in [0.29, 0.717) is 9.99 Å². The van der Waals surface area contributed by atoms with Gasteiger partial charge in [-0.1, -0.05) is 15.9 Å². The molecule has 2 rings (SSSR count). The molecule has 1 aromatic carbocycles. The molecule has 1 amide bonds. The topological polar surface area (TPSA) is 167 Å². The van der Waals surface area contributed by atoms with Gasteiger partial charge in [0, 0.05) is 21.9 Å². The van der Waals surface area contributed by atoms with Crippen LogP contribution in [-0.4, -0.2) is 40.0 Å². The number of rotatable bonds is 6. The molecule has 12 heteroatoms. The minimum absolute atomic E-state index is 0.179. The largest absolute Gasteiger partial charge is 0.358 e. The summed E-state index contributed by atoms with van der Waals surface area (Å²) >= 11 is 3.23. The van der Waals surface area contributed by atoms with E-state index < -0.39 is 38.3 Å². The zero-order chi connectivity index (χ0) is 17.4. The molecule has 0 unspecified atom stereocenters. The van der Waals surface area contributed by atoms with Gasteiger partial charge in [0.25, 0.3) is 0 Å². The Morgan fingerprint density at radius 1 is 1.30 bits per heavy atom. The number of nitrogens with one attached hydrogen (secondary N) is 2. The lowest BCUT2D eigenvalue weighted by Crippen LogP contribution is -2.57. The van der Waals surface area contributed by atoms with Crippen molar-refractivity contribution in [2.75, 3.05) is 12.3 Å². The Bertz CT molecular complexity index is 981. The molecular weight excluding hydrogens is 412 g/mol. The lowest BCUT2D eigenvalue weighted by Gasteiger charge is -2.06. The van der Waals surface area contributed by atoms with Crippen LogP contribution in [0.4, 0.5) is 0 Å². The number of amides is 1. The molecule has 0 spiro atoms. The predicted molar refractivity (Wildman–Crippen MR) is 86.4 cm³/mol. The van der Waals surface area contributed by atoms with Gasteiger partial charge in [0.15, 0.2) is 5.69 Å². The second-order valence-corrected chi connectivity index (χ2v) is 9.06. The number of sulfonamides is 2. The van der Waals surface area contributed by atoms with Crippen molar-refractivity contribution in [3.8, 4) is 0 Å². The zero-order valence-electron chi connectivity index (χ0n) is 11.7. The highest BCUT2D eigenvalue weighted by atomic mass is 79.9. The fraction of sp³-hybridized carbons (Fsp3) is 0.182. The molecule has 0 fully saturated rings. The number of aromatic amines is 1. The highest BCUT2D eigenvalue weighted by Gasteiger charge is 2.28. The Morgan fingerprint density at radius 3 is 2.52 bits per heavy atom. The zero-order valence-corrected chi connectivity index (χ0v) is 14.9. The number of hydrogen-bond donors (Lipinski definition) is 4. The van der Waals surface area contributed by atoms with Gasteiger partial charge in [0.1, 0.15) is 4.90 Å². The Labute approximate surface area is 140 Å². The molecule has 126 valence electrons. The van der Waals surface area contributed by atoms with Crippen LogP contribution in [0, 0.1) is 0 Å². The Balaban J connectivity index is 2.53. The number of H-pyrrole nitrogens is 1. The molecule has 0 aliphatic heterocycles. The first-order valence-corrected chi connectivity index (χ1v) is 10.2. The molecule has 0 aliphatic carbocycles. The van der Waals surface area contributed by atoms with Gasteiger partial charge in [-0.2, -0.15) is 0 Å². The molecule has 23 heavy (non-hydrogen) atoms. The number of carbonyl (C=O) groups excluding carboxylic acids is 1. The van der Waals surface area contributed by atoms with Crippen LogP contribution in [-0.2, 0) is 20.0 Å². The van der Waals surface area contributed by atoms with Gasteiger partial charge < -0.3 is 4.98 Å². The highest BCUT2D eigenvalue weighted by Crippen LogP contribution is 2.29. The number of primary sulfonamides is 1. The summed E-state index contributed by atoms with van der Waals surface area (Å²) in [5.41, 5.74) is 3.49. The van der Waals surface area contributed by atoms with Crippen LogP contribution >= 0.6 is 15.9 Å². The van der Waals surface area contributed by atoms with Gasteiger partial charge in [0.05, 0.1) is 5.75 Å². The van der Waals surface area contributed by atoms with Gasteiger partial charge in [-0.15, -0.1) is 0 Å². The summed E-state index contributed by atoms with van der Waals surface area (Å²) in [5.74, 6) is -1.27. The summed E-state index contributed by atoms with van der Waals surface area (Å²) in [6.07, 6.45) is 0. The Kier molecular flexibility index (Phi) is 4.94. The van der Waals surface area contributed by atoms with E-state index in [-0.39, 0.29) is 16.0 Å². The molecule has 1 heterocycles. The highest BCUT2D eigenvalue weighted by molar-refractivity contribution is 9.10. The van der Waals surface area contributed by atoms with Crippen molar-refractivity contribution >= 4 is 52.8 Å². The summed E-state index contributed by atoms with van der Waals surface area (Å²) in [7, 11) is -7.95. The van der Waals surface area contributed by atoms with Crippen LogP contribution < -0.4 is 15.6 Å². The van der Waals surface area contributed by atoms with E-state index in [2.05, 4.69) is 31.4 Å². The first kappa shape index (κ1) is 18.0. The number of quaternary nitrogens is 1. The molecule has 0 radical (unpaired) electrons. The van der Waals surface area contributed by atoms with E-state index >= 15 is 0 Å². The fourth-order valence-electron chi connectivity index (χ4n) is 2.01. The maximum atomic E-state index is 12.5. The molecule has 2 aromatic rings. The van der Waals surface area contributed by atoms with E-state index in [1.165, 1.54) is 6.07 Å². The van der Waals surface area contributed by atoms with Crippen LogP contribution in [0.2, 0.25) is 0 Å². The molecule has 9 nitrogen and oxygen atoms in total. The maximum Gasteiger partial charge on any atom is 0.358 e. The molecule has 0 saturated carbocycles. The van der Waals surface area contributed by atoms with Crippen molar-refractivity contribution in [3.05, 3.63) is 28.4 Å². The minimum Gasteiger partial charge on any atom is -0.346 e. The van der Waals surface area contributed by atoms with Crippen LogP contribution in [0.15, 0.2) is 27.6 Å². The molecule has 1 aromatic heterocycles. The normalized spacial score (nSPS) is 12.7. The van der Waals surface area contributed by atoms with Crippen molar-refractivity contribution in [1.29, 1.82) is 0 Å². The lowest BCUT2D eigenvalue weighted by molar-refractivity contribution is -0.255. The molecule has 0 aliphatic rings. The smallest absolute Gasteiger partial charge is 0.346 e. The van der Waals surface area contributed by atoms with E-state index in [9.17, 15) is 21.6 Å². The van der Waals surface area contributed by atoms with E-state index in [4.69, 9.17) is 5.14 Å². The van der Waals surface area contributed by atoms with Crippen LogP contribution in [0.3, 0.4) is 0 Å². The van der Waals surface area contributed by atoms with Gasteiger partial charge in [0.2, 0.25) is 20.0 Å². The monoisotopic (exact) mass is 425 g/mol. The summed E-state index contributed by atoms with van der Waals surface area (Å²) in [4.78, 5) is 14.1. The average Bonchev–Trinajstić information content (AvgIpc) is 2.76. The molecule has 0 atom stereocenters. The number of hydrogen-bond acceptors (Lipinski definition) is 5. The van der Waals surface area contributed by atoms with Gasteiger partial charge in [-0.25, -0.2) is 31.5 Å². The quantitative estimate of drug-likeness (QED) is 0.458. The van der Waals surface area contributed by atoms with Gasteiger partial charge >= 0.3 is 5.91 Å². The number of benzene rings is 1. The molecule has 7 N–H and O–H groups in total. The summed E-state index contributed by atoms with van der Waals surface area (Å²) in [5, 5.41) is 5.12. The van der Waals surface area contributed by atoms with Crippen LogP contribution in [0.5, 0.6) is 0 Å². The van der Waals surface area contributed by atoms with E-state index in [1.54, 1.807) is 12.1 Å². The summed E-state index contributed by atoms with van der Waals surface area (Å²) in [6.45, 7) is -0.410. The van der Waals surface area contributed by atoms with Crippen molar-refractivity contribution in [2.24, 2.45) is 5.14 Å². The third-order valence-corrected chi connectivity index (χ3v) is 5.75. The summed E-state index contributed by atoms with van der Waals surface area (Å²) in [6, 6.07) is 4.82. The standard InChI is InChI=1S/C11H13BrN4O5S2/c12-6-1-2-8-7(5-6)10(9(16-8)11(13)17)23(20,21)15-3-4-22(14,18)19/h1-2,5,15-16H,3-4H2,(H2,13,17)(H2,14,18,19)/p+1. The number of halogens is 1. The SMILES string of the molecule is NS(=O)(=O)CCNS(=O)(=O)c1c(C([NH3+])=O)[nH]c2ccc(Br)cc12. The molecule has 0 bridgehead atoms. The van der Waals surface area contributed by atoms with Crippen molar-refractivity contribution in [3.63, 3.8) is 0 Å². The first-order valence-electron chi connectivity index (χ1n) is 6.19. The first-order chi connectivity index (χ1) is 10.5. The minimum atomic E-state index is -4.14. The maximum absolute atomic E-state index is 12.5. The van der Waals surface area contributed by atoms with Crippen LogP contribution in [0.25, 0.3) is 10.9 Å². The molecular formula is C11H14BrN4O5S2+. The Morgan fingerprint density at radius 2 is 1.96 bits per heavy atom. The third kappa shape index (κ3) is 4.16. The lowest BCUT2D eigenvalue weighted by atomic mass is 10.2. The van der Waals surface area contributed by atoms with Crippen molar-refractivity contribution in [2.45, 2.75) is 4.90 Å². The number of aromatic nitrogens is 1.